The highest BCUT2D eigenvalue weighted by atomic mass is 16.5. The fourth-order valence-electron chi connectivity index (χ4n) is 4.15. The van der Waals surface area contributed by atoms with Crippen LogP contribution < -0.4 is 0 Å². The average Bonchev–Trinajstić information content (AvgIpc) is 3.02. The van der Waals surface area contributed by atoms with E-state index in [4.69, 9.17) is 9.47 Å². The van der Waals surface area contributed by atoms with Crippen LogP contribution in [0.5, 0.6) is 0 Å². The standard InChI is InChI=1S/C22H34N2O5/c1-6-29-22(27)19-14(2)18(15(3)23-19)20(25)16(4)24(12-13-28-5)21(26)17-10-8-7-9-11-17/h16-17,23H,6-13H2,1-5H3/t16-/m1/s1. The Kier molecular flexibility index (Phi) is 8.44. The number of hydrogen-bond acceptors (Lipinski definition) is 5. The number of ether oxygens (including phenoxy) is 2. The third-order valence-corrected chi connectivity index (χ3v) is 5.78. The van der Waals surface area contributed by atoms with Crippen LogP contribution in [0, 0.1) is 19.8 Å². The van der Waals surface area contributed by atoms with Gasteiger partial charge in [-0.15, -0.1) is 0 Å². The number of H-pyrrole nitrogens is 1. The van der Waals surface area contributed by atoms with Crippen molar-refractivity contribution < 1.29 is 23.9 Å². The van der Waals surface area contributed by atoms with E-state index in [2.05, 4.69) is 4.98 Å². The largest absolute Gasteiger partial charge is 0.461 e. The van der Waals surface area contributed by atoms with Crippen LogP contribution in [0.15, 0.2) is 0 Å². The molecule has 1 atom stereocenters. The summed E-state index contributed by atoms with van der Waals surface area (Å²) in [7, 11) is 1.59. The maximum Gasteiger partial charge on any atom is 0.355 e. The SMILES string of the molecule is CCOC(=O)c1[nH]c(C)c(C(=O)[C@@H](C)N(CCOC)C(=O)C2CCCCC2)c1C. The molecule has 1 N–H and O–H groups in total. The minimum Gasteiger partial charge on any atom is -0.461 e. The molecule has 1 aliphatic carbocycles. The van der Waals surface area contributed by atoms with Gasteiger partial charge in [-0.25, -0.2) is 4.79 Å². The highest BCUT2D eigenvalue weighted by Gasteiger charge is 2.34. The number of Topliss-reactive ketones (excluding diaryl/α,β-unsaturated/α-hetero) is 1. The van der Waals surface area contributed by atoms with Crippen molar-refractivity contribution in [3.63, 3.8) is 0 Å². The van der Waals surface area contributed by atoms with Crippen molar-refractivity contribution in [1.82, 2.24) is 9.88 Å². The Labute approximate surface area is 173 Å². The van der Waals surface area contributed by atoms with Crippen molar-refractivity contribution in [1.29, 1.82) is 0 Å². The Bertz CT molecular complexity index is 734. The number of amides is 1. The maximum absolute atomic E-state index is 13.4. The van der Waals surface area contributed by atoms with Crippen LogP contribution in [0.3, 0.4) is 0 Å². The number of aromatic nitrogens is 1. The van der Waals surface area contributed by atoms with E-state index in [1.807, 2.05) is 0 Å². The summed E-state index contributed by atoms with van der Waals surface area (Å²) in [5.41, 5.74) is 1.93. The highest BCUT2D eigenvalue weighted by Crippen LogP contribution is 2.27. The summed E-state index contributed by atoms with van der Waals surface area (Å²) < 4.78 is 10.3. The van der Waals surface area contributed by atoms with Crippen molar-refractivity contribution >= 4 is 17.7 Å². The van der Waals surface area contributed by atoms with E-state index in [0.29, 0.717) is 35.7 Å². The summed E-state index contributed by atoms with van der Waals surface area (Å²) >= 11 is 0. The van der Waals surface area contributed by atoms with Crippen LogP contribution in [0.2, 0.25) is 0 Å². The molecule has 1 fully saturated rings. The van der Waals surface area contributed by atoms with Crippen molar-refractivity contribution in [3.8, 4) is 0 Å². The van der Waals surface area contributed by atoms with Crippen LogP contribution in [0.4, 0.5) is 0 Å². The molecule has 0 aliphatic heterocycles. The van der Waals surface area contributed by atoms with Gasteiger partial charge >= 0.3 is 5.97 Å². The fourth-order valence-corrected chi connectivity index (χ4v) is 4.15. The Balaban J connectivity index is 2.28. The minimum atomic E-state index is -0.636. The van der Waals surface area contributed by atoms with Gasteiger partial charge in [0.05, 0.1) is 19.3 Å². The summed E-state index contributed by atoms with van der Waals surface area (Å²) in [5, 5.41) is 0. The molecule has 1 aromatic heterocycles. The van der Waals surface area contributed by atoms with E-state index in [0.717, 1.165) is 32.1 Å². The Hall–Kier alpha value is -2.15. The molecule has 0 spiro atoms. The first-order chi connectivity index (χ1) is 13.8. The predicted octanol–water partition coefficient (Wildman–Crippen LogP) is 3.43. The van der Waals surface area contributed by atoms with Gasteiger partial charge in [0.15, 0.2) is 5.78 Å². The Morgan fingerprint density at radius 3 is 2.41 bits per heavy atom. The molecule has 1 amide bonds. The quantitative estimate of drug-likeness (QED) is 0.501. The number of hydrogen-bond donors (Lipinski definition) is 1. The summed E-state index contributed by atoms with van der Waals surface area (Å²) in [4.78, 5) is 43.4. The smallest absolute Gasteiger partial charge is 0.355 e. The second kappa shape index (κ2) is 10.6. The van der Waals surface area contributed by atoms with Gasteiger partial charge in [-0.2, -0.15) is 0 Å². The first kappa shape index (κ1) is 23.1. The lowest BCUT2D eigenvalue weighted by molar-refractivity contribution is -0.138. The van der Waals surface area contributed by atoms with Crippen molar-refractivity contribution in [3.05, 3.63) is 22.5 Å². The Morgan fingerprint density at radius 2 is 1.83 bits per heavy atom. The van der Waals surface area contributed by atoms with E-state index in [1.165, 1.54) is 0 Å². The van der Waals surface area contributed by atoms with Gasteiger partial charge in [0.2, 0.25) is 5.91 Å². The van der Waals surface area contributed by atoms with Gasteiger partial charge in [0.25, 0.3) is 0 Å². The van der Waals surface area contributed by atoms with E-state index >= 15 is 0 Å². The topological polar surface area (TPSA) is 88.7 Å². The van der Waals surface area contributed by atoms with Crippen LogP contribution in [-0.2, 0) is 14.3 Å². The summed E-state index contributed by atoms with van der Waals surface area (Å²) in [5.74, 6) is -0.653. The molecule has 1 saturated carbocycles. The monoisotopic (exact) mass is 406 g/mol. The lowest BCUT2D eigenvalue weighted by Crippen LogP contribution is -2.48. The lowest BCUT2D eigenvalue weighted by atomic mass is 9.87. The van der Waals surface area contributed by atoms with Gasteiger partial charge in [-0.05, 0) is 46.1 Å². The van der Waals surface area contributed by atoms with E-state index in [1.54, 1.807) is 39.7 Å². The molecule has 162 valence electrons. The highest BCUT2D eigenvalue weighted by molar-refractivity contribution is 6.06. The molecule has 2 rings (SSSR count). The number of esters is 1. The number of nitrogens with one attached hydrogen (secondary N) is 1. The molecule has 29 heavy (non-hydrogen) atoms. The van der Waals surface area contributed by atoms with Gasteiger partial charge in [0.1, 0.15) is 5.69 Å². The normalized spacial score (nSPS) is 15.8. The number of carbonyl (C=O) groups excluding carboxylic acids is 3. The molecule has 0 radical (unpaired) electrons. The van der Waals surface area contributed by atoms with E-state index in [9.17, 15) is 14.4 Å². The zero-order chi connectivity index (χ0) is 21.6. The molecule has 0 aromatic carbocycles. The van der Waals surface area contributed by atoms with Gasteiger partial charge in [-0.1, -0.05) is 19.3 Å². The third kappa shape index (κ3) is 5.26. The number of rotatable bonds is 9. The molecule has 0 saturated heterocycles. The zero-order valence-corrected chi connectivity index (χ0v) is 18.3. The number of aromatic amines is 1. The molecule has 7 nitrogen and oxygen atoms in total. The maximum atomic E-state index is 13.4. The number of nitrogens with zero attached hydrogens (tertiary/aromatic N) is 1. The van der Waals surface area contributed by atoms with Gasteiger partial charge < -0.3 is 19.4 Å². The van der Waals surface area contributed by atoms with Crippen LogP contribution in [-0.4, -0.2) is 60.5 Å². The summed E-state index contributed by atoms with van der Waals surface area (Å²) in [6.07, 6.45) is 5.01. The van der Waals surface area contributed by atoms with Crippen molar-refractivity contribution in [2.45, 2.75) is 65.8 Å². The van der Waals surface area contributed by atoms with Crippen LogP contribution >= 0.6 is 0 Å². The first-order valence-corrected chi connectivity index (χ1v) is 10.5. The van der Waals surface area contributed by atoms with Crippen molar-refractivity contribution in [2.24, 2.45) is 5.92 Å². The molecular formula is C22H34N2O5. The van der Waals surface area contributed by atoms with Crippen LogP contribution in [0.1, 0.15) is 78.1 Å². The summed E-state index contributed by atoms with van der Waals surface area (Å²) in [6.45, 7) is 7.99. The molecule has 1 heterocycles. The second-order valence-electron chi connectivity index (χ2n) is 7.75. The second-order valence-corrected chi connectivity index (χ2v) is 7.75. The number of ketones is 1. The molecular weight excluding hydrogens is 372 g/mol. The molecule has 0 unspecified atom stereocenters. The van der Waals surface area contributed by atoms with E-state index in [-0.39, 0.29) is 24.2 Å². The number of carbonyl (C=O) groups is 3. The Morgan fingerprint density at radius 1 is 1.17 bits per heavy atom. The summed E-state index contributed by atoms with van der Waals surface area (Å²) in [6, 6.07) is -0.636. The predicted molar refractivity (Wildman–Crippen MR) is 110 cm³/mol. The third-order valence-electron chi connectivity index (χ3n) is 5.78. The van der Waals surface area contributed by atoms with Gasteiger partial charge in [-0.3, -0.25) is 9.59 Å². The number of aryl methyl sites for hydroxylation is 1. The molecule has 1 aliphatic rings. The van der Waals surface area contributed by atoms with Crippen LogP contribution in [0.25, 0.3) is 0 Å². The minimum absolute atomic E-state index is 0.0269. The fraction of sp³-hybridized carbons (Fsp3) is 0.682. The van der Waals surface area contributed by atoms with Crippen molar-refractivity contribution in [2.75, 3.05) is 26.9 Å². The molecule has 1 aromatic rings. The van der Waals surface area contributed by atoms with E-state index < -0.39 is 12.0 Å². The first-order valence-electron chi connectivity index (χ1n) is 10.5. The zero-order valence-electron chi connectivity index (χ0n) is 18.3. The lowest BCUT2D eigenvalue weighted by Gasteiger charge is -2.33. The van der Waals surface area contributed by atoms with Gasteiger partial charge in [0, 0.05) is 30.8 Å². The molecule has 0 bridgehead atoms. The average molecular weight is 407 g/mol. The molecule has 7 heteroatoms. The number of methoxy groups -OCH3 is 1.